The number of nitrogens with two attached hydrogens (primary N) is 1. The van der Waals surface area contributed by atoms with Crippen molar-refractivity contribution in [1.82, 2.24) is 0 Å². The van der Waals surface area contributed by atoms with Crippen LogP contribution in [0.4, 0.5) is 0 Å². The van der Waals surface area contributed by atoms with Crippen LogP contribution < -0.4 is 5.73 Å². The highest BCUT2D eigenvalue weighted by Crippen LogP contribution is 2.15. The lowest BCUT2D eigenvalue weighted by molar-refractivity contribution is 1.25. The van der Waals surface area contributed by atoms with E-state index in [4.69, 9.17) is 11.4 Å². The first-order valence-electron chi connectivity index (χ1n) is 2.14. The molecule has 1 rings (SSSR count). The van der Waals surface area contributed by atoms with E-state index < -0.39 is 10.3 Å². The molecule has 3 nitrogen and oxygen atoms in total. The summed E-state index contributed by atoms with van der Waals surface area (Å²) >= 11 is 0. The summed E-state index contributed by atoms with van der Waals surface area (Å²) in [4.78, 5) is 0. The van der Waals surface area contributed by atoms with E-state index >= 15 is 0 Å². The van der Waals surface area contributed by atoms with Gasteiger partial charge in [-0.2, -0.15) is 0 Å². The van der Waals surface area contributed by atoms with Crippen molar-refractivity contribution >= 4 is 20.5 Å². The molecule has 0 fully saturated rings. The van der Waals surface area contributed by atoms with E-state index in [2.05, 4.69) is 10.2 Å². The van der Waals surface area contributed by atoms with Gasteiger partial charge in [0.05, 0.1) is 5.04 Å². The lowest BCUT2D eigenvalue weighted by Crippen LogP contribution is -2.04. The Morgan fingerprint density at radius 3 is 2.38 bits per heavy atom. The minimum Gasteiger partial charge on any atom is -0.377 e. The smallest absolute Gasteiger partial charge is 0.175 e. The van der Waals surface area contributed by atoms with Crippen molar-refractivity contribution in [3.8, 4) is 5.69 Å². The fraction of sp³-hybridized carbons (Fsp3) is 0.250. The minimum atomic E-state index is -0.810. The molecule has 2 N–H and O–H groups in total. The summed E-state index contributed by atoms with van der Waals surface area (Å²) in [6.45, 7) is 1.83. The predicted octanol–water partition coefficient (Wildman–Crippen LogP) is 0.238. The zero-order valence-electron chi connectivity index (χ0n) is 4.50. The van der Waals surface area contributed by atoms with Crippen LogP contribution in [0, 0.1) is 5.69 Å². The van der Waals surface area contributed by atoms with Crippen LogP contribution in [0.25, 0.3) is 0 Å². The molecule has 1 aliphatic rings. The molecule has 1 atom stereocenters. The summed E-state index contributed by atoms with van der Waals surface area (Å²) in [7, 11) is -0.810. The second kappa shape index (κ2) is 1.65. The molecule has 0 aliphatic carbocycles. The van der Waals surface area contributed by atoms with Gasteiger partial charge in [0.15, 0.2) is 5.17 Å². The van der Waals surface area contributed by atoms with Gasteiger partial charge < -0.3 is 5.73 Å². The molecule has 1 heterocycles. The number of nitrogens with zero attached hydrogens (tertiary/aromatic N) is 2. The summed E-state index contributed by atoms with van der Waals surface area (Å²) in [5.41, 5.74) is 10.8. The molecule has 0 amide bonds. The number of rotatable bonds is 0. The fourth-order valence-electron chi connectivity index (χ4n) is 0.386. The van der Waals surface area contributed by atoms with Gasteiger partial charge in [0.25, 0.3) is 0 Å². The normalized spacial score (nSPS) is 27.2. The number of amidine groups is 1. The molecular formula is C4H7N3S. The molecule has 0 radical (unpaired) electrons. The fourth-order valence-corrected chi connectivity index (χ4v) is 0.999. The third kappa shape index (κ3) is 0.638. The molecule has 0 aromatic heterocycles. The van der Waals surface area contributed by atoms with Crippen molar-refractivity contribution in [2.45, 2.75) is 6.92 Å². The lowest BCUT2D eigenvalue weighted by atomic mass is 10.9. The van der Waals surface area contributed by atoms with Crippen molar-refractivity contribution in [2.75, 3.05) is 0 Å². The van der Waals surface area contributed by atoms with E-state index in [1.54, 1.807) is 0 Å². The summed E-state index contributed by atoms with van der Waals surface area (Å²) in [5, 5.41) is 8.58. The maximum atomic E-state index is 5.50. The number of hydrogen-bond acceptors (Lipinski definition) is 3. The van der Waals surface area contributed by atoms with Crippen molar-refractivity contribution in [2.24, 2.45) is 15.9 Å². The van der Waals surface area contributed by atoms with Crippen molar-refractivity contribution < 1.29 is 0 Å². The van der Waals surface area contributed by atoms with Gasteiger partial charge in [-0.3, -0.25) is 0 Å². The van der Waals surface area contributed by atoms with E-state index in [1.807, 2.05) is 6.92 Å². The molecule has 44 valence electrons. The highest BCUT2D eigenvalue weighted by molar-refractivity contribution is 8.32. The maximum Gasteiger partial charge on any atom is 0.175 e. The third-order valence-corrected chi connectivity index (χ3v) is 2.26. The second-order valence-corrected chi connectivity index (χ2v) is 3.32. The standard InChI is InChI=1S/C4H7N3S/c1-3-6-7-4(5)8(3)2/h2,8H,1H3,(H2,5,7). The van der Waals surface area contributed by atoms with Crippen molar-refractivity contribution in [1.29, 1.82) is 0 Å². The monoisotopic (exact) mass is 129 g/mol. The Balaban J connectivity index is 2.98. The first-order chi connectivity index (χ1) is 3.72. The molecule has 1 unspecified atom stereocenters. The Kier molecular flexibility index (Phi) is 1.12. The van der Waals surface area contributed by atoms with Crippen LogP contribution in [0.2, 0.25) is 0 Å². The Morgan fingerprint density at radius 1 is 1.62 bits per heavy atom. The molecule has 4 heteroatoms. The van der Waals surface area contributed by atoms with Gasteiger partial charge in [-0.1, -0.05) is 0 Å². The van der Waals surface area contributed by atoms with Gasteiger partial charge in [0.2, 0.25) is 0 Å². The zero-order chi connectivity index (χ0) is 6.15. The van der Waals surface area contributed by atoms with Crippen molar-refractivity contribution in [3.05, 3.63) is 0 Å². The molecule has 0 saturated carbocycles. The van der Waals surface area contributed by atoms with E-state index in [9.17, 15) is 0 Å². The van der Waals surface area contributed by atoms with Gasteiger partial charge >= 0.3 is 0 Å². The highest BCUT2D eigenvalue weighted by atomic mass is 32.2. The van der Waals surface area contributed by atoms with Crippen LogP contribution in [0.15, 0.2) is 10.2 Å². The van der Waals surface area contributed by atoms with Crippen LogP contribution in [-0.2, 0) is 0 Å². The SMILES string of the molecule is C#[SH]1C(C)=NN=C1N. The summed E-state index contributed by atoms with van der Waals surface area (Å²) in [5.74, 6) is 0. The Labute approximate surface area is 49.9 Å². The first-order valence-corrected chi connectivity index (χ1v) is 3.55. The van der Waals surface area contributed by atoms with Crippen LogP contribution in [0.5, 0.6) is 0 Å². The van der Waals surface area contributed by atoms with Crippen LogP contribution >= 0.6 is 10.3 Å². The van der Waals surface area contributed by atoms with Gasteiger partial charge in [-0.15, -0.1) is 26.2 Å². The summed E-state index contributed by atoms with van der Waals surface area (Å²) in [6, 6.07) is 0. The molecule has 0 saturated heterocycles. The van der Waals surface area contributed by atoms with Crippen molar-refractivity contribution in [3.63, 3.8) is 0 Å². The minimum absolute atomic E-state index is 0.470. The summed E-state index contributed by atoms with van der Waals surface area (Å²) in [6.07, 6.45) is 0. The number of hydrogen-bond donors (Lipinski definition) is 2. The van der Waals surface area contributed by atoms with Gasteiger partial charge in [0, 0.05) is 0 Å². The van der Waals surface area contributed by atoms with E-state index in [0.717, 1.165) is 5.04 Å². The second-order valence-electron chi connectivity index (χ2n) is 1.48. The predicted molar refractivity (Wildman–Crippen MR) is 38.7 cm³/mol. The Bertz CT molecular complexity index is 207. The molecule has 8 heavy (non-hydrogen) atoms. The molecule has 0 aromatic carbocycles. The van der Waals surface area contributed by atoms with E-state index in [-0.39, 0.29) is 0 Å². The van der Waals surface area contributed by atoms with Crippen LogP contribution in [0.3, 0.4) is 0 Å². The highest BCUT2D eigenvalue weighted by Gasteiger charge is 2.03. The molecule has 0 spiro atoms. The molecule has 1 aliphatic heterocycles. The van der Waals surface area contributed by atoms with Gasteiger partial charge in [-0.25, -0.2) is 0 Å². The quantitative estimate of drug-likeness (QED) is 0.452. The topological polar surface area (TPSA) is 50.7 Å². The largest absolute Gasteiger partial charge is 0.377 e. The van der Waals surface area contributed by atoms with Crippen LogP contribution in [-0.4, -0.2) is 10.2 Å². The van der Waals surface area contributed by atoms with Gasteiger partial charge in [0.1, 0.15) is 0 Å². The Hall–Kier alpha value is -0.730. The Morgan fingerprint density at radius 2 is 2.25 bits per heavy atom. The van der Waals surface area contributed by atoms with Crippen LogP contribution in [0.1, 0.15) is 6.92 Å². The maximum absolute atomic E-state index is 5.50. The molecule has 0 bridgehead atoms. The summed E-state index contributed by atoms with van der Waals surface area (Å²) < 4.78 is 0. The average Bonchev–Trinajstić information content (AvgIpc) is 1.98. The lowest BCUT2D eigenvalue weighted by Gasteiger charge is -1.89. The number of thiol groups is 1. The van der Waals surface area contributed by atoms with E-state index in [1.165, 1.54) is 0 Å². The first kappa shape index (κ1) is 5.41. The van der Waals surface area contributed by atoms with E-state index in [0.29, 0.717) is 5.17 Å². The van der Waals surface area contributed by atoms with Gasteiger partial charge in [-0.05, 0) is 6.92 Å². The molecular weight excluding hydrogens is 122 g/mol. The zero-order valence-corrected chi connectivity index (χ0v) is 5.39. The molecule has 0 aromatic rings. The third-order valence-electron chi connectivity index (χ3n) is 0.893. The average molecular weight is 129 g/mol.